The molecule has 1 atom stereocenters. The Balaban J connectivity index is 1.47. The number of amides is 1. The van der Waals surface area contributed by atoms with Crippen LogP contribution in [-0.4, -0.2) is 46.7 Å². The number of carbonyl (C=O) groups is 1. The van der Waals surface area contributed by atoms with Crippen LogP contribution in [0.2, 0.25) is 0 Å². The molecule has 0 radical (unpaired) electrons. The van der Waals surface area contributed by atoms with E-state index in [1.54, 1.807) is 11.8 Å². The van der Waals surface area contributed by atoms with Gasteiger partial charge in [-0.3, -0.25) is 4.79 Å². The molecule has 1 aliphatic heterocycles. The van der Waals surface area contributed by atoms with E-state index in [1.807, 2.05) is 31.2 Å². The molecule has 7 heteroatoms. The van der Waals surface area contributed by atoms with E-state index in [9.17, 15) is 4.79 Å². The molecular weight excluding hydrogens is 322 g/mol. The molecule has 0 saturated carbocycles. The largest absolute Gasteiger partial charge is 0.486 e. The van der Waals surface area contributed by atoms with Crippen molar-refractivity contribution in [2.75, 3.05) is 19.7 Å². The van der Waals surface area contributed by atoms with Gasteiger partial charge in [0.2, 0.25) is 11.8 Å². The van der Waals surface area contributed by atoms with Crippen molar-refractivity contribution in [3.05, 3.63) is 36.0 Å². The zero-order chi connectivity index (χ0) is 17.6. The minimum Gasteiger partial charge on any atom is -0.486 e. The van der Waals surface area contributed by atoms with E-state index in [-0.39, 0.29) is 12.0 Å². The molecule has 0 unspecified atom stereocenters. The maximum atomic E-state index is 12.5. The number of benzene rings is 1. The average molecular weight is 345 g/mol. The van der Waals surface area contributed by atoms with E-state index in [2.05, 4.69) is 10.1 Å². The van der Waals surface area contributed by atoms with Gasteiger partial charge in [-0.2, -0.15) is 4.98 Å². The molecular formula is C18H23N3O4. The lowest BCUT2D eigenvalue weighted by molar-refractivity contribution is -0.132. The van der Waals surface area contributed by atoms with Gasteiger partial charge in [-0.25, -0.2) is 0 Å². The van der Waals surface area contributed by atoms with Gasteiger partial charge < -0.3 is 18.9 Å². The predicted molar refractivity (Wildman–Crippen MR) is 90.6 cm³/mol. The summed E-state index contributed by atoms with van der Waals surface area (Å²) < 4.78 is 16.7. The third kappa shape index (κ3) is 4.49. The molecule has 0 fully saturated rings. The van der Waals surface area contributed by atoms with Crippen molar-refractivity contribution in [3.8, 4) is 11.5 Å². The summed E-state index contributed by atoms with van der Waals surface area (Å²) in [7, 11) is 0. The molecule has 0 bridgehead atoms. The number of rotatable bonds is 7. The van der Waals surface area contributed by atoms with Gasteiger partial charge in [0, 0.05) is 19.4 Å². The predicted octanol–water partition coefficient (Wildman–Crippen LogP) is 2.39. The molecule has 0 aliphatic carbocycles. The minimum absolute atomic E-state index is 0.0983. The molecule has 1 aromatic heterocycles. The first-order valence-electron chi connectivity index (χ1n) is 8.61. The van der Waals surface area contributed by atoms with Crippen LogP contribution in [0.3, 0.4) is 0 Å². The lowest BCUT2D eigenvalue weighted by Gasteiger charge is -2.31. The Bertz CT molecular complexity index is 716. The van der Waals surface area contributed by atoms with Crippen LogP contribution in [0.4, 0.5) is 0 Å². The highest BCUT2D eigenvalue weighted by Crippen LogP contribution is 2.31. The number of hydrogen-bond donors (Lipinski definition) is 0. The molecule has 3 rings (SSSR count). The van der Waals surface area contributed by atoms with Crippen LogP contribution >= 0.6 is 0 Å². The Morgan fingerprint density at radius 2 is 2.12 bits per heavy atom. The Morgan fingerprint density at radius 3 is 2.84 bits per heavy atom. The quantitative estimate of drug-likeness (QED) is 0.767. The van der Waals surface area contributed by atoms with Crippen LogP contribution in [0, 0.1) is 6.92 Å². The molecule has 0 saturated heterocycles. The second kappa shape index (κ2) is 8.00. The number of nitrogens with zero attached hydrogens (tertiary/aromatic N) is 3. The summed E-state index contributed by atoms with van der Waals surface area (Å²) in [6, 6.07) is 7.58. The Labute approximate surface area is 146 Å². The van der Waals surface area contributed by atoms with Gasteiger partial charge in [-0.15, -0.1) is 0 Å². The fraction of sp³-hybridized carbons (Fsp3) is 0.500. The highest BCUT2D eigenvalue weighted by molar-refractivity contribution is 5.76. The first-order valence-corrected chi connectivity index (χ1v) is 8.61. The van der Waals surface area contributed by atoms with Crippen molar-refractivity contribution in [2.45, 2.75) is 39.2 Å². The van der Waals surface area contributed by atoms with Gasteiger partial charge in [0.15, 0.2) is 23.4 Å². The van der Waals surface area contributed by atoms with E-state index in [4.69, 9.17) is 14.0 Å². The third-order valence-corrected chi connectivity index (χ3v) is 4.08. The molecule has 1 aromatic carbocycles. The molecule has 0 spiro atoms. The van der Waals surface area contributed by atoms with E-state index in [1.165, 1.54) is 0 Å². The molecule has 2 heterocycles. The first-order chi connectivity index (χ1) is 12.2. The van der Waals surface area contributed by atoms with Crippen LogP contribution in [-0.2, 0) is 11.2 Å². The number of carbonyl (C=O) groups excluding carboxylic acids is 1. The summed E-state index contributed by atoms with van der Waals surface area (Å²) in [5, 5.41) is 3.75. The molecule has 2 aromatic rings. The molecule has 25 heavy (non-hydrogen) atoms. The van der Waals surface area contributed by atoms with Gasteiger partial charge >= 0.3 is 0 Å². The van der Waals surface area contributed by atoms with E-state index in [0.29, 0.717) is 50.7 Å². The zero-order valence-corrected chi connectivity index (χ0v) is 14.6. The second-order valence-electron chi connectivity index (χ2n) is 6.02. The van der Waals surface area contributed by atoms with Gasteiger partial charge in [0.25, 0.3) is 0 Å². The average Bonchev–Trinajstić information content (AvgIpc) is 3.04. The highest BCUT2D eigenvalue weighted by Gasteiger charge is 2.24. The van der Waals surface area contributed by atoms with Crippen LogP contribution in [0.1, 0.15) is 31.5 Å². The fourth-order valence-corrected chi connectivity index (χ4v) is 2.80. The van der Waals surface area contributed by atoms with Crippen molar-refractivity contribution >= 4 is 5.91 Å². The monoisotopic (exact) mass is 345 g/mol. The van der Waals surface area contributed by atoms with Gasteiger partial charge in [0.05, 0.1) is 6.54 Å². The SMILES string of the molecule is CCN(C[C@@H]1COc2ccccc2O1)C(=O)CCCc1nc(C)no1. The van der Waals surface area contributed by atoms with Crippen LogP contribution in [0.5, 0.6) is 11.5 Å². The van der Waals surface area contributed by atoms with Crippen molar-refractivity contribution < 1.29 is 18.8 Å². The van der Waals surface area contributed by atoms with Gasteiger partial charge in [-0.1, -0.05) is 17.3 Å². The highest BCUT2D eigenvalue weighted by atomic mass is 16.6. The number of likely N-dealkylation sites (N-methyl/N-ethyl adjacent to an activating group) is 1. The van der Waals surface area contributed by atoms with Gasteiger partial charge in [-0.05, 0) is 32.4 Å². The summed E-state index contributed by atoms with van der Waals surface area (Å²) in [4.78, 5) is 18.4. The number of ether oxygens (including phenoxy) is 2. The maximum absolute atomic E-state index is 12.5. The summed E-state index contributed by atoms with van der Waals surface area (Å²) in [5.41, 5.74) is 0. The fourth-order valence-electron chi connectivity index (χ4n) is 2.80. The Hall–Kier alpha value is -2.57. The Kier molecular flexibility index (Phi) is 5.53. The van der Waals surface area contributed by atoms with Crippen molar-refractivity contribution in [2.24, 2.45) is 0 Å². The first kappa shape index (κ1) is 17.3. The number of fused-ring (bicyclic) bond motifs is 1. The molecule has 134 valence electrons. The Morgan fingerprint density at radius 1 is 1.32 bits per heavy atom. The third-order valence-electron chi connectivity index (χ3n) is 4.08. The molecule has 1 aliphatic rings. The standard InChI is InChI=1S/C18H23N3O4/c1-3-21(18(22)10-6-9-17-19-13(2)20-25-17)11-14-12-23-15-7-4-5-8-16(15)24-14/h4-5,7-8,14H,3,6,9-12H2,1-2H3/t14-/m1/s1. The molecule has 1 amide bonds. The normalized spacial score (nSPS) is 15.8. The van der Waals surface area contributed by atoms with E-state index in [0.717, 1.165) is 11.5 Å². The van der Waals surface area contributed by atoms with Crippen molar-refractivity contribution in [3.63, 3.8) is 0 Å². The van der Waals surface area contributed by atoms with E-state index < -0.39 is 0 Å². The lowest BCUT2D eigenvalue weighted by Crippen LogP contribution is -2.43. The maximum Gasteiger partial charge on any atom is 0.226 e. The van der Waals surface area contributed by atoms with Crippen LogP contribution in [0.15, 0.2) is 28.8 Å². The number of aromatic nitrogens is 2. The number of aryl methyl sites for hydroxylation is 2. The summed E-state index contributed by atoms with van der Waals surface area (Å²) >= 11 is 0. The number of hydrogen-bond acceptors (Lipinski definition) is 6. The zero-order valence-electron chi connectivity index (χ0n) is 14.6. The smallest absolute Gasteiger partial charge is 0.226 e. The summed E-state index contributed by atoms with van der Waals surface area (Å²) in [6.45, 7) is 5.35. The van der Waals surface area contributed by atoms with Crippen LogP contribution in [0.25, 0.3) is 0 Å². The van der Waals surface area contributed by atoms with Gasteiger partial charge in [0.1, 0.15) is 6.61 Å². The van der Waals surface area contributed by atoms with Crippen molar-refractivity contribution in [1.82, 2.24) is 15.0 Å². The molecule has 7 nitrogen and oxygen atoms in total. The van der Waals surface area contributed by atoms with Crippen LogP contribution < -0.4 is 9.47 Å². The summed E-state index contributed by atoms with van der Waals surface area (Å²) in [5.74, 6) is 2.78. The van der Waals surface area contributed by atoms with Crippen molar-refractivity contribution in [1.29, 1.82) is 0 Å². The van der Waals surface area contributed by atoms with E-state index >= 15 is 0 Å². The minimum atomic E-state index is -0.155. The lowest BCUT2D eigenvalue weighted by atomic mass is 10.2. The summed E-state index contributed by atoms with van der Waals surface area (Å²) in [6.07, 6.45) is 1.58. The topological polar surface area (TPSA) is 77.7 Å². The second-order valence-corrected chi connectivity index (χ2v) is 6.02. The number of para-hydroxylation sites is 2. The molecule has 0 N–H and O–H groups in total.